The second kappa shape index (κ2) is 13.3. The molecule has 1 N–H and O–H groups in total. The number of aliphatic hydroxyl groups excluding tert-OH is 1. The number of piperidine rings is 1. The van der Waals surface area contributed by atoms with Gasteiger partial charge in [-0.15, -0.1) is 0 Å². The molecule has 0 radical (unpaired) electrons. The third-order valence-corrected chi connectivity index (χ3v) is 7.76. The number of ether oxygens (including phenoxy) is 2. The van der Waals surface area contributed by atoms with E-state index < -0.39 is 0 Å². The Kier molecular flexibility index (Phi) is 10.8. The standard InChI is InChI=1S/C27H49NO3/c1-4-6-16-28-17-14-23(15-18-28)9-8-22-10-12-24(13-11-22)27-30-21(3)19-26(31-27)20-25(29)7-5-2/h8-9,21-27,29H,4-7,10-20H2,1-3H3/b9-8+. The number of nitrogens with zero attached hydrogens (tertiary/aromatic N) is 1. The predicted octanol–water partition coefficient (Wildman–Crippen LogP) is 5.93. The smallest absolute Gasteiger partial charge is 0.161 e. The Labute approximate surface area is 191 Å². The van der Waals surface area contributed by atoms with Crippen LogP contribution in [-0.4, -0.2) is 54.2 Å². The molecule has 0 aromatic heterocycles. The van der Waals surface area contributed by atoms with Crippen LogP contribution >= 0.6 is 0 Å². The van der Waals surface area contributed by atoms with E-state index in [1.54, 1.807) is 0 Å². The van der Waals surface area contributed by atoms with Crippen LogP contribution in [0.1, 0.15) is 97.8 Å². The van der Waals surface area contributed by atoms with Crippen LogP contribution in [-0.2, 0) is 9.47 Å². The van der Waals surface area contributed by atoms with Gasteiger partial charge in [-0.2, -0.15) is 0 Å². The third-order valence-electron chi connectivity index (χ3n) is 7.76. The number of rotatable bonds is 10. The molecule has 3 rings (SSSR count). The molecule has 180 valence electrons. The second-order valence-corrected chi connectivity index (χ2v) is 10.6. The molecular weight excluding hydrogens is 386 g/mol. The highest BCUT2D eigenvalue weighted by molar-refractivity contribution is 4.97. The maximum atomic E-state index is 10.2. The average molecular weight is 436 g/mol. The summed E-state index contributed by atoms with van der Waals surface area (Å²) in [5, 5.41) is 10.2. The Morgan fingerprint density at radius 3 is 2.26 bits per heavy atom. The molecule has 1 saturated carbocycles. The molecule has 2 heterocycles. The lowest BCUT2D eigenvalue weighted by Gasteiger charge is -2.41. The summed E-state index contributed by atoms with van der Waals surface area (Å²) in [5.41, 5.74) is 0. The van der Waals surface area contributed by atoms with Gasteiger partial charge in [0.15, 0.2) is 6.29 Å². The first kappa shape index (κ1) is 25.2. The van der Waals surface area contributed by atoms with Gasteiger partial charge in [0.1, 0.15) is 0 Å². The minimum atomic E-state index is -0.236. The average Bonchev–Trinajstić information content (AvgIpc) is 2.77. The maximum absolute atomic E-state index is 10.2. The van der Waals surface area contributed by atoms with Gasteiger partial charge < -0.3 is 19.5 Å². The van der Waals surface area contributed by atoms with E-state index in [0.29, 0.717) is 5.92 Å². The van der Waals surface area contributed by atoms with Crippen molar-refractivity contribution >= 4 is 0 Å². The van der Waals surface area contributed by atoms with E-state index >= 15 is 0 Å². The summed E-state index contributed by atoms with van der Waals surface area (Å²) in [7, 11) is 0. The molecule has 0 spiro atoms. The van der Waals surface area contributed by atoms with Crippen molar-refractivity contribution in [3.63, 3.8) is 0 Å². The summed E-state index contributed by atoms with van der Waals surface area (Å²) in [4.78, 5) is 2.65. The first-order valence-corrected chi connectivity index (χ1v) is 13.5. The zero-order chi connectivity index (χ0) is 22.1. The van der Waals surface area contributed by atoms with Gasteiger partial charge in [-0.05, 0) is 103 Å². The largest absolute Gasteiger partial charge is 0.393 e. The zero-order valence-electron chi connectivity index (χ0n) is 20.5. The highest BCUT2D eigenvalue weighted by atomic mass is 16.7. The molecule has 2 saturated heterocycles. The van der Waals surface area contributed by atoms with Gasteiger partial charge in [-0.25, -0.2) is 0 Å². The van der Waals surface area contributed by atoms with Gasteiger partial charge in [0, 0.05) is 5.92 Å². The number of likely N-dealkylation sites (tertiary alicyclic amines) is 1. The lowest BCUT2D eigenvalue weighted by molar-refractivity contribution is -0.267. The molecular formula is C27H49NO3. The first-order chi connectivity index (χ1) is 15.1. The molecule has 2 aliphatic heterocycles. The molecule has 0 aromatic rings. The number of allylic oxidation sites excluding steroid dienone is 2. The zero-order valence-corrected chi connectivity index (χ0v) is 20.5. The Hall–Kier alpha value is -0.420. The van der Waals surface area contributed by atoms with Crippen molar-refractivity contribution in [2.45, 2.75) is 122 Å². The number of aliphatic hydroxyl groups is 1. The van der Waals surface area contributed by atoms with Crippen molar-refractivity contribution in [3.05, 3.63) is 12.2 Å². The molecule has 3 aliphatic rings. The van der Waals surface area contributed by atoms with Gasteiger partial charge in [-0.3, -0.25) is 0 Å². The number of hydrogen-bond acceptors (Lipinski definition) is 4. The first-order valence-electron chi connectivity index (χ1n) is 13.5. The van der Waals surface area contributed by atoms with E-state index in [-0.39, 0.29) is 24.6 Å². The third kappa shape index (κ3) is 8.46. The fourth-order valence-corrected chi connectivity index (χ4v) is 5.74. The predicted molar refractivity (Wildman–Crippen MR) is 128 cm³/mol. The van der Waals surface area contributed by atoms with Crippen molar-refractivity contribution in [2.24, 2.45) is 17.8 Å². The monoisotopic (exact) mass is 435 g/mol. The van der Waals surface area contributed by atoms with Crippen molar-refractivity contribution in [3.8, 4) is 0 Å². The summed E-state index contributed by atoms with van der Waals surface area (Å²) in [6, 6.07) is 0. The second-order valence-electron chi connectivity index (χ2n) is 10.6. The molecule has 4 nitrogen and oxygen atoms in total. The Morgan fingerprint density at radius 2 is 1.61 bits per heavy atom. The molecule has 4 atom stereocenters. The van der Waals surface area contributed by atoms with Crippen LogP contribution in [0.4, 0.5) is 0 Å². The minimum Gasteiger partial charge on any atom is -0.393 e. The van der Waals surface area contributed by atoms with Crippen LogP contribution in [0.25, 0.3) is 0 Å². The van der Waals surface area contributed by atoms with E-state index in [1.807, 2.05) is 0 Å². The van der Waals surface area contributed by atoms with Gasteiger partial charge >= 0.3 is 0 Å². The fraction of sp³-hybridized carbons (Fsp3) is 0.926. The van der Waals surface area contributed by atoms with Crippen LogP contribution in [0.15, 0.2) is 12.2 Å². The topological polar surface area (TPSA) is 41.9 Å². The van der Waals surface area contributed by atoms with Crippen LogP contribution in [0.2, 0.25) is 0 Å². The molecule has 0 aromatic carbocycles. The summed E-state index contributed by atoms with van der Waals surface area (Å²) in [6.07, 6.45) is 19.0. The van der Waals surface area contributed by atoms with Crippen molar-refractivity contribution in [2.75, 3.05) is 19.6 Å². The Bertz CT molecular complexity index is 509. The maximum Gasteiger partial charge on any atom is 0.161 e. The molecule has 4 heteroatoms. The van der Waals surface area contributed by atoms with Gasteiger partial charge in [0.2, 0.25) is 0 Å². The van der Waals surface area contributed by atoms with Crippen molar-refractivity contribution < 1.29 is 14.6 Å². The fourth-order valence-electron chi connectivity index (χ4n) is 5.74. The number of hydrogen-bond donors (Lipinski definition) is 1. The van der Waals surface area contributed by atoms with E-state index in [4.69, 9.17) is 9.47 Å². The van der Waals surface area contributed by atoms with E-state index in [1.165, 1.54) is 71.0 Å². The normalized spacial score (nSPS) is 34.9. The summed E-state index contributed by atoms with van der Waals surface area (Å²) >= 11 is 0. The summed E-state index contributed by atoms with van der Waals surface area (Å²) < 4.78 is 12.5. The van der Waals surface area contributed by atoms with E-state index in [0.717, 1.165) is 37.5 Å². The SMILES string of the molecule is CCCCN1CCC(/C=C/C2CCC(C3OC(C)CC(CC(O)CCC)O3)CC2)CC1. The van der Waals surface area contributed by atoms with Crippen LogP contribution in [0, 0.1) is 17.8 Å². The molecule has 31 heavy (non-hydrogen) atoms. The Morgan fingerprint density at radius 1 is 0.935 bits per heavy atom. The van der Waals surface area contributed by atoms with Crippen LogP contribution in [0.5, 0.6) is 0 Å². The molecule has 0 amide bonds. The van der Waals surface area contributed by atoms with Gasteiger partial charge in [-0.1, -0.05) is 38.8 Å². The van der Waals surface area contributed by atoms with Gasteiger partial charge in [0.05, 0.1) is 18.3 Å². The Balaban J connectivity index is 1.37. The van der Waals surface area contributed by atoms with Crippen LogP contribution < -0.4 is 0 Å². The summed E-state index contributed by atoms with van der Waals surface area (Å²) in [5.74, 6) is 2.04. The lowest BCUT2D eigenvalue weighted by atomic mass is 9.80. The molecule has 4 unspecified atom stereocenters. The van der Waals surface area contributed by atoms with Crippen molar-refractivity contribution in [1.29, 1.82) is 0 Å². The molecule has 3 fully saturated rings. The summed E-state index contributed by atoms with van der Waals surface area (Å²) in [6.45, 7) is 10.4. The highest BCUT2D eigenvalue weighted by Gasteiger charge is 2.35. The quantitative estimate of drug-likeness (QED) is 0.432. The lowest BCUT2D eigenvalue weighted by Crippen LogP contribution is -2.43. The van der Waals surface area contributed by atoms with Crippen molar-refractivity contribution in [1.82, 2.24) is 4.90 Å². The molecule has 0 bridgehead atoms. The van der Waals surface area contributed by atoms with E-state index in [2.05, 4.69) is 37.8 Å². The minimum absolute atomic E-state index is 0.0695. The van der Waals surface area contributed by atoms with Crippen LogP contribution in [0.3, 0.4) is 0 Å². The molecule has 1 aliphatic carbocycles. The van der Waals surface area contributed by atoms with E-state index in [9.17, 15) is 5.11 Å². The number of unbranched alkanes of at least 4 members (excludes halogenated alkanes) is 1. The highest BCUT2D eigenvalue weighted by Crippen LogP contribution is 2.37. The van der Waals surface area contributed by atoms with Gasteiger partial charge in [0.25, 0.3) is 0 Å².